The molecule has 52 heavy (non-hydrogen) atoms. The van der Waals surface area contributed by atoms with Crippen molar-refractivity contribution in [3.8, 4) is 11.5 Å². The van der Waals surface area contributed by atoms with E-state index in [1.165, 1.54) is 10.6 Å². The van der Waals surface area contributed by atoms with E-state index in [1.54, 1.807) is 26.4 Å². The zero-order valence-electron chi connectivity index (χ0n) is 32.6. The summed E-state index contributed by atoms with van der Waals surface area (Å²) in [5.41, 5.74) is 8.33. The third-order valence-corrected chi connectivity index (χ3v) is 17.6. The van der Waals surface area contributed by atoms with Gasteiger partial charge in [0.1, 0.15) is 20.1 Å². The van der Waals surface area contributed by atoms with Gasteiger partial charge < -0.3 is 25.3 Å². The molecule has 12 heteroatoms. The first-order valence-electron chi connectivity index (χ1n) is 18.9. The third kappa shape index (κ3) is 8.69. The first kappa shape index (κ1) is 39.0. The number of carbonyl (C=O) groups is 2. The number of anilines is 3. The summed E-state index contributed by atoms with van der Waals surface area (Å²) in [4.78, 5) is 54.6. The molecule has 280 valence electrons. The Morgan fingerprint density at radius 2 is 1.56 bits per heavy atom. The molecule has 1 saturated carbocycles. The van der Waals surface area contributed by atoms with Gasteiger partial charge in [-0.25, -0.2) is 4.98 Å². The fourth-order valence-electron chi connectivity index (χ4n) is 8.25. The smallest absolute Gasteiger partial charge is 0.253 e. The molecule has 2 N–H and O–H groups in total. The van der Waals surface area contributed by atoms with E-state index in [-0.39, 0.29) is 35.9 Å². The van der Waals surface area contributed by atoms with Gasteiger partial charge in [-0.3, -0.25) is 19.0 Å². The quantitative estimate of drug-likeness (QED) is 0.150. The van der Waals surface area contributed by atoms with Gasteiger partial charge in [-0.05, 0) is 73.6 Å². The predicted molar refractivity (Wildman–Crippen MR) is 214 cm³/mol. The standard InChI is InChI=1S/C40H58N8O3Si/c1-27(2)52(28(3)4,29(5)6)23-18-30-24-38(51)48(34-16-12-31(13-17-34)42-36(49)25-37(50)45(7)8)39-35(30)26-41-40(44-39)43-32-10-14-33(15-11-32)47-21-19-46(9)20-22-47/h10-11,14-15,24,26-29,31,34H,12-13,16-17,19-22,25H2,1-9H3,(H,42,49)(H,41,43,44). The normalized spacial score (nSPS) is 18.4. The summed E-state index contributed by atoms with van der Waals surface area (Å²) in [6.45, 7) is 17.8. The number of rotatable bonds is 10. The summed E-state index contributed by atoms with van der Waals surface area (Å²) < 4.78 is 1.81. The number of pyridine rings is 1. The lowest BCUT2D eigenvalue weighted by Gasteiger charge is -2.38. The van der Waals surface area contributed by atoms with Crippen molar-refractivity contribution in [2.45, 2.75) is 102 Å². The van der Waals surface area contributed by atoms with Crippen LogP contribution in [0.4, 0.5) is 17.3 Å². The second-order valence-electron chi connectivity index (χ2n) is 15.8. The van der Waals surface area contributed by atoms with Crippen LogP contribution in [0.2, 0.25) is 16.6 Å². The highest BCUT2D eigenvalue weighted by Crippen LogP contribution is 2.41. The highest BCUT2D eigenvalue weighted by atomic mass is 28.3. The summed E-state index contributed by atoms with van der Waals surface area (Å²) in [6, 6.07) is 9.87. The van der Waals surface area contributed by atoms with E-state index in [4.69, 9.17) is 9.97 Å². The maximum atomic E-state index is 14.1. The SMILES string of the molecule is CC(C)[Si](C#Cc1cc(=O)n(C2CCC(NC(=O)CC(=O)N(C)C)CC2)c2nc(Nc3ccc(N4CCN(C)CC4)cc3)ncc12)(C(C)C)C(C)C. The van der Waals surface area contributed by atoms with Crippen molar-refractivity contribution in [2.75, 3.05) is 57.5 Å². The number of fused-ring (bicyclic) bond motifs is 1. The lowest BCUT2D eigenvalue weighted by Crippen LogP contribution is -2.44. The van der Waals surface area contributed by atoms with Crippen molar-refractivity contribution in [1.29, 1.82) is 0 Å². The molecule has 2 amide bonds. The van der Waals surface area contributed by atoms with Gasteiger partial charge in [0.2, 0.25) is 17.8 Å². The largest absolute Gasteiger partial charge is 0.369 e. The molecule has 2 fully saturated rings. The van der Waals surface area contributed by atoms with Crippen LogP contribution in [0, 0.1) is 11.5 Å². The topological polar surface area (TPSA) is 116 Å². The van der Waals surface area contributed by atoms with Gasteiger partial charge in [0.25, 0.3) is 5.56 Å². The van der Waals surface area contributed by atoms with Gasteiger partial charge >= 0.3 is 0 Å². The fraction of sp³-hybridized carbons (Fsp3) is 0.575. The minimum atomic E-state index is -2.07. The highest BCUT2D eigenvalue weighted by Gasteiger charge is 2.41. The predicted octanol–water partition coefficient (Wildman–Crippen LogP) is 5.93. The Bertz CT molecular complexity index is 1820. The molecule has 0 unspecified atom stereocenters. The van der Waals surface area contributed by atoms with Crippen molar-refractivity contribution in [3.05, 3.63) is 52.4 Å². The molecule has 3 aromatic rings. The molecule has 3 heterocycles. The average molecular weight is 727 g/mol. The summed E-state index contributed by atoms with van der Waals surface area (Å²) in [5, 5.41) is 7.18. The molecule has 0 radical (unpaired) electrons. The molecule has 5 rings (SSSR count). The van der Waals surface area contributed by atoms with E-state index in [9.17, 15) is 14.4 Å². The van der Waals surface area contributed by atoms with Crippen LogP contribution in [-0.2, 0) is 9.59 Å². The highest BCUT2D eigenvalue weighted by molar-refractivity contribution is 6.90. The molecule has 1 aliphatic heterocycles. The molecule has 2 aromatic heterocycles. The summed E-state index contributed by atoms with van der Waals surface area (Å²) in [6.07, 6.45) is 4.42. The number of amides is 2. The molecule has 11 nitrogen and oxygen atoms in total. The number of piperazine rings is 1. The van der Waals surface area contributed by atoms with Crippen LogP contribution in [0.1, 0.15) is 85.3 Å². The number of hydrogen-bond donors (Lipinski definition) is 2. The van der Waals surface area contributed by atoms with Gasteiger partial charge in [-0.2, -0.15) is 4.98 Å². The molecule has 0 bridgehead atoms. The lowest BCUT2D eigenvalue weighted by molar-refractivity contribution is -0.134. The van der Waals surface area contributed by atoms with Crippen molar-refractivity contribution in [1.82, 2.24) is 29.7 Å². The van der Waals surface area contributed by atoms with Crippen LogP contribution in [-0.4, -0.2) is 97.6 Å². The van der Waals surface area contributed by atoms with Crippen LogP contribution in [0.15, 0.2) is 41.3 Å². The Hall–Kier alpha value is -4.21. The van der Waals surface area contributed by atoms with Gasteiger partial charge in [0.05, 0.1) is 5.39 Å². The third-order valence-electron chi connectivity index (χ3n) is 11.3. The average Bonchev–Trinajstić information content (AvgIpc) is 3.09. The van der Waals surface area contributed by atoms with E-state index in [0.29, 0.717) is 59.5 Å². The number of nitrogens with one attached hydrogen (secondary N) is 2. The number of likely N-dealkylation sites (N-methyl/N-ethyl adjacent to an activating group) is 1. The van der Waals surface area contributed by atoms with E-state index in [2.05, 4.69) is 92.6 Å². The van der Waals surface area contributed by atoms with E-state index in [1.807, 2.05) is 16.7 Å². The van der Waals surface area contributed by atoms with Crippen molar-refractivity contribution < 1.29 is 9.59 Å². The second-order valence-corrected chi connectivity index (χ2v) is 21.4. The monoisotopic (exact) mass is 726 g/mol. The number of benzene rings is 1. The zero-order chi connectivity index (χ0) is 37.7. The van der Waals surface area contributed by atoms with Gasteiger partial charge in [-0.1, -0.05) is 47.5 Å². The van der Waals surface area contributed by atoms with Gasteiger partial charge in [0, 0.05) is 81.6 Å². The minimum Gasteiger partial charge on any atom is -0.369 e. The van der Waals surface area contributed by atoms with Crippen LogP contribution in [0.3, 0.4) is 0 Å². The van der Waals surface area contributed by atoms with Crippen molar-refractivity contribution in [2.24, 2.45) is 0 Å². The Labute approximate surface area is 310 Å². The minimum absolute atomic E-state index is 0.0485. The van der Waals surface area contributed by atoms with Crippen LogP contribution >= 0.6 is 0 Å². The summed E-state index contributed by atoms with van der Waals surface area (Å²) in [5.74, 6) is 3.44. The number of carbonyl (C=O) groups excluding carboxylic acids is 2. The first-order valence-corrected chi connectivity index (χ1v) is 21.2. The lowest BCUT2D eigenvalue weighted by atomic mass is 9.90. The molecule has 0 atom stereocenters. The first-order chi connectivity index (χ1) is 24.7. The van der Waals surface area contributed by atoms with E-state index >= 15 is 0 Å². The van der Waals surface area contributed by atoms with Crippen LogP contribution in [0.5, 0.6) is 0 Å². The van der Waals surface area contributed by atoms with Gasteiger partial charge in [-0.15, -0.1) is 5.54 Å². The Morgan fingerprint density at radius 3 is 2.13 bits per heavy atom. The number of nitrogens with zero attached hydrogens (tertiary/aromatic N) is 6. The summed E-state index contributed by atoms with van der Waals surface area (Å²) >= 11 is 0. The number of aromatic nitrogens is 3. The Balaban J connectivity index is 1.47. The molecule has 1 saturated heterocycles. The Morgan fingerprint density at radius 1 is 0.942 bits per heavy atom. The van der Waals surface area contributed by atoms with Gasteiger partial charge in [0.15, 0.2) is 0 Å². The molecule has 2 aliphatic rings. The molecular formula is C40H58N8O3Si. The number of hydrogen-bond acceptors (Lipinski definition) is 8. The van der Waals surface area contributed by atoms with Crippen LogP contribution in [0.25, 0.3) is 11.0 Å². The molecule has 1 aromatic carbocycles. The molecular weight excluding hydrogens is 669 g/mol. The van der Waals surface area contributed by atoms with Crippen molar-refractivity contribution >= 4 is 48.2 Å². The van der Waals surface area contributed by atoms with E-state index < -0.39 is 8.07 Å². The molecule has 0 spiro atoms. The van der Waals surface area contributed by atoms with E-state index in [0.717, 1.165) is 37.3 Å². The maximum Gasteiger partial charge on any atom is 0.253 e. The fourth-order valence-corrected chi connectivity index (χ4v) is 13.5. The van der Waals surface area contributed by atoms with Crippen LogP contribution < -0.4 is 21.1 Å². The Kier molecular flexibility index (Phi) is 12.5. The maximum absolute atomic E-state index is 14.1. The second kappa shape index (κ2) is 16.6. The summed E-state index contributed by atoms with van der Waals surface area (Å²) in [7, 11) is 3.38. The zero-order valence-corrected chi connectivity index (χ0v) is 33.6. The molecule has 1 aliphatic carbocycles. The van der Waals surface area contributed by atoms with Crippen molar-refractivity contribution in [3.63, 3.8) is 0 Å².